The molecule has 1 aromatic rings. The van der Waals surface area contributed by atoms with Crippen LogP contribution in [0.5, 0.6) is 0 Å². The van der Waals surface area contributed by atoms with Crippen LogP contribution in [0.15, 0.2) is 12.3 Å². The van der Waals surface area contributed by atoms with Gasteiger partial charge in [-0.2, -0.15) is 0 Å². The van der Waals surface area contributed by atoms with Crippen LogP contribution < -0.4 is 5.46 Å². The SMILES string of the molecule is CCc1nccc(B2OC(C)(C)C(C)(C)O2)c1F. The molecule has 0 atom stereocenters. The molecule has 18 heavy (non-hydrogen) atoms. The van der Waals surface area contributed by atoms with Crippen molar-refractivity contribution in [2.75, 3.05) is 0 Å². The lowest BCUT2D eigenvalue weighted by Gasteiger charge is -2.32. The Morgan fingerprint density at radius 2 is 1.78 bits per heavy atom. The van der Waals surface area contributed by atoms with Gasteiger partial charge in [0.05, 0.1) is 16.9 Å². The number of rotatable bonds is 2. The molecular weight excluding hydrogens is 232 g/mol. The second-order valence-electron chi connectivity index (χ2n) is 5.60. The normalized spacial score (nSPS) is 21.3. The topological polar surface area (TPSA) is 31.4 Å². The van der Waals surface area contributed by atoms with Gasteiger partial charge in [0.15, 0.2) is 0 Å². The zero-order chi connectivity index (χ0) is 13.6. The molecule has 2 heterocycles. The van der Waals surface area contributed by atoms with Crippen molar-refractivity contribution in [2.45, 2.75) is 52.2 Å². The maximum atomic E-state index is 14.2. The van der Waals surface area contributed by atoms with Crippen LogP contribution in [0.4, 0.5) is 4.39 Å². The van der Waals surface area contributed by atoms with E-state index in [0.29, 0.717) is 17.6 Å². The molecule has 1 aliphatic rings. The monoisotopic (exact) mass is 251 g/mol. The molecule has 0 aromatic carbocycles. The Hall–Kier alpha value is -0.935. The molecule has 3 nitrogen and oxygen atoms in total. The average molecular weight is 251 g/mol. The van der Waals surface area contributed by atoms with E-state index < -0.39 is 18.3 Å². The first-order valence-corrected chi connectivity index (χ1v) is 6.27. The Balaban J connectivity index is 2.35. The number of pyridine rings is 1. The van der Waals surface area contributed by atoms with Crippen LogP contribution in [0, 0.1) is 5.82 Å². The van der Waals surface area contributed by atoms with Crippen molar-refractivity contribution >= 4 is 12.6 Å². The highest BCUT2D eigenvalue weighted by Gasteiger charge is 2.52. The summed E-state index contributed by atoms with van der Waals surface area (Å²) in [7, 11) is -0.664. The van der Waals surface area contributed by atoms with Crippen LogP contribution in [0.25, 0.3) is 0 Å². The first kappa shape index (κ1) is 13.5. The summed E-state index contributed by atoms with van der Waals surface area (Å²) in [5.74, 6) is -0.321. The maximum absolute atomic E-state index is 14.2. The highest BCUT2D eigenvalue weighted by Crippen LogP contribution is 2.36. The van der Waals surface area contributed by atoms with E-state index >= 15 is 0 Å². The summed E-state index contributed by atoms with van der Waals surface area (Å²) in [5.41, 5.74) is -0.0396. The van der Waals surface area contributed by atoms with Crippen molar-refractivity contribution in [3.8, 4) is 0 Å². The lowest BCUT2D eigenvalue weighted by Crippen LogP contribution is -2.41. The average Bonchev–Trinajstić information content (AvgIpc) is 2.48. The molecule has 0 amide bonds. The molecule has 0 saturated carbocycles. The second kappa shape index (κ2) is 4.32. The molecule has 0 radical (unpaired) electrons. The Labute approximate surface area is 108 Å². The Kier molecular flexibility index (Phi) is 3.24. The molecule has 0 N–H and O–H groups in total. The Morgan fingerprint density at radius 3 is 2.28 bits per heavy atom. The molecule has 2 rings (SSSR count). The number of hydrogen-bond acceptors (Lipinski definition) is 3. The van der Waals surface area contributed by atoms with Crippen molar-refractivity contribution < 1.29 is 13.7 Å². The van der Waals surface area contributed by atoms with Crippen molar-refractivity contribution in [3.05, 3.63) is 23.8 Å². The third-order valence-corrected chi connectivity index (χ3v) is 3.83. The maximum Gasteiger partial charge on any atom is 0.497 e. The number of aryl methyl sites for hydroxylation is 1. The van der Waals surface area contributed by atoms with E-state index in [-0.39, 0.29) is 5.82 Å². The third kappa shape index (κ3) is 2.06. The van der Waals surface area contributed by atoms with E-state index in [1.807, 2.05) is 34.6 Å². The highest BCUT2D eigenvalue weighted by molar-refractivity contribution is 6.62. The summed E-state index contributed by atoms with van der Waals surface area (Å²) >= 11 is 0. The van der Waals surface area contributed by atoms with E-state index in [4.69, 9.17) is 9.31 Å². The summed E-state index contributed by atoms with van der Waals surface area (Å²) < 4.78 is 25.9. The predicted octanol–water partition coefficient (Wildman–Crippen LogP) is 2.08. The lowest BCUT2D eigenvalue weighted by atomic mass is 9.78. The van der Waals surface area contributed by atoms with E-state index in [2.05, 4.69) is 4.98 Å². The minimum absolute atomic E-state index is 0.321. The van der Waals surface area contributed by atoms with E-state index in [0.717, 1.165) is 0 Å². The zero-order valence-electron chi connectivity index (χ0n) is 11.6. The van der Waals surface area contributed by atoms with Gasteiger partial charge in [-0.3, -0.25) is 4.98 Å². The van der Waals surface area contributed by atoms with Gasteiger partial charge < -0.3 is 9.31 Å². The van der Waals surface area contributed by atoms with E-state index in [1.54, 1.807) is 12.3 Å². The van der Waals surface area contributed by atoms with Crippen LogP contribution in [0.1, 0.15) is 40.3 Å². The van der Waals surface area contributed by atoms with Crippen molar-refractivity contribution in [1.29, 1.82) is 0 Å². The summed E-state index contributed by atoms with van der Waals surface area (Å²) in [4.78, 5) is 4.02. The molecule has 0 unspecified atom stereocenters. The predicted molar refractivity (Wildman–Crippen MR) is 69.3 cm³/mol. The molecule has 98 valence electrons. The standard InChI is InChI=1S/C13H19BFNO2/c1-6-10-11(15)9(7-8-16-10)14-17-12(2,3)13(4,5)18-14/h7-8H,6H2,1-5H3. The summed E-state index contributed by atoms with van der Waals surface area (Å²) in [6.07, 6.45) is 2.15. The fourth-order valence-electron chi connectivity index (χ4n) is 1.90. The first-order valence-electron chi connectivity index (χ1n) is 6.27. The van der Waals surface area contributed by atoms with Gasteiger partial charge in [-0.15, -0.1) is 0 Å². The molecular formula is C13H19BFNO2. The molecule has 0 spiro atoms. The van der Waals surface area contributed by atoms with E-state index in [9.17, 15) is 4.39 Å². The number of halogens is 1. The van der Waals surface area contributed by atoms with Crippen molar-refractivity contribution in [2.24, 2.45) is 0 Å². The van der Waals surface area contributed by atoms with Crippen molar-refractivity contribution in [3.63, 3.8) is 0 Å². The minimum atomic E-state index is -0.664. The van der Waals surface area contributed by atoms with E-state index in [1.165, 1.54) is 0 Å². The van der Waals surface area contributed by atoms with Gasteiger partial charge in [0.25, 0.3) is 0 Å². The van der Waals surface area contributed by atoms with Gasteiger partial charge in [0.2, 0.25) is 0 Å². The van der Waals surface area contributed by atoms with Crippen LogP contribution in [0.2, 0.25) is 0 Å². The molecule has 0 bridgehead atoms. The quantitative estimate of drug-likeness (QED) is 0.754. The molecule has 1 aliphatic heterocycles. The van der Waals surface area contributed by atoms with Crippen molar-refractivity contribution in [1.82, 2.24) is 4.98 Å². The Morgan fingerprint density at radius 1 is 1.22 bits per heavy atom. The highest BCUT2D eigenvalue weighted by atomic mass is 19.1. The van der Waals surface area contributed by atoms with Gasteiger partial charge in [0.1, 0.15) is 5.82 Å². The van der Waals surface area contributed by atoms with Gasteiger partial charge in [0, 0.05) is 11.7 Å². The van der Waals surface area contributed by atoms with Crippen LogP contribution in [-0.4, -0.2) is 23.3 Å². The summed E-state index contributed by atoms with van der Waals surface area (Å²) in [6.45, 7) is 9.68. The van der Waals surface area contributed by atoms with Gasteiger partial charge in [-0.1, -0.05) is 6.92 Å². The smallest absolute Gasteiger partial charge is 0.399 e. The van der Waals surface area contributed by atoms with Crippen LogP contribution >= 0.6 is 0 Å². The molecule has 0 aliphatic carbocycles. The fraction of sp³-hybridized carbons (Fsp3) is 0.615. The molecule has 5 heteroatoms. The van der Waals surface area contributed by atoms with Gasteiger partial charge >= 0.3 is 7.12 Å². The second-order valence-corrected chi connectivity index (χ2v) is 5.60. The zero-order valence-corrected chi connectivity index (χ0v) is 11.6. The van der Waals surface area contributed by atoms with Gasteiger partial charge in [-0.05, 0) is 40.2 Å². The lowest BCUT2D eigenvalue weighted by molar-refractivity contribution is 0.00578. The minimum Gasteiger partial charge on any atom is -0.399 e. The number of aromatic nitrogens is 1. The molecule has 1 saturated heterocycles. The fourth-order valence-corrected chi connectivity index (χ4v) is 1.90. The van der Waals surface area contributed by atoms with Crippen LogP contribution in [0.3, 0.4) is 0 Å². The van der Waals surface area contributed by atoms with Crippen LogP contribution in [-0.2, 0) is 15.7 Å². The van der Waals surface area contributed by atoms with Gasteiger partial charge in [-0.25, -0.2) is 4.39 Å². The largest absolute Gasteiger partial charge is 0.497 e. The molecule has 1 fully saturated rings. The summed E-state index contributed by atoms with van der Waals surface area (Å²) in [5, 5.41) is 0. The number of hydrogen-bond donors (Lipinski definition) is 0. The third-order valence-electron chi connectivity index (χ3n) is 3.83. The number of nitrogens with zero attached hydrogens (tertiary/aromatic N) is 1. The summed E-state index contributed by atoms with van der Waals surface area (Å²) in [6, 6.07) is 1.62. The molecule has 1 aromatic heterocycles. The first-order chi connectivity index (χ1) is 8.28. The Bertz CT molecular complexity index is 446.